The summed E-state index contributed by atoms with van der Waals surface area (Å²) >= 11 is 0. The van der Waals surface area contributed by atoms with Crippen LogP contribution < -0.4 is 11.5 Å². The second kappa shape index (κ2) is 5.06. The molecule has 2 aromatic rings. The summed E-state index contributed by atoms with van der Waals surface area (Å²) in [6.45, 7) is 0. The minimum atomic E-state index is -0.780. The number of fused-ring (bicyclic) bond motifs is 2. The largest absolute Gasteiger partial charge is 0.393 e. The fourth-order valence-corrected chi connectivity index (χ4v) is 4.44. The van der Waals surface area contributed by atoms with Crippen molar-refractivity contribution in [2.75, 3.05) is 11.5 Å². The molecule has 118 valence electrons. The van der Waals surface area contributed by atoms with Gasteiger partial charge in [-0.2, -0.15) is 0 Å². The molecule has 0 bridgehead atoms. The molecule has 1 aliphatic heterocycles. The Bertz CT molecular complexity index is 839. The van der Waals surface area contributed by atoms with Crippen molar-refractivity contribution in [3.05, 3.63) is 55.6 Å². The maximum atomic E-state index is 11.3. The summed E-state index contributed by atoms with van der Waals surface area (Å²) in [5.41, 5.74) is 11.8. The topological polar surface area (TPSA) is 138 Å². The van der Waals surface area contributed by atoms with Crippen LogP contribution in [0.5, 0.6) is 0 Å². The molecule has 9 heteroatoms. The third kappa shape index (κ3) is 2.13. The third-order valence-corrected chi connectivity index (χ3v) is 5.62. The summed E-state index contributed by atoms with van der Waals surface area (Å²) in [5.74, 6) is 4.04. The fraction of sp³-hybridized carbons (Fsp3) is 0.0714. The number of nitrogens with zero attached hydrogens (tertiary/aromatic N) is 2. The zero-order valence-corrected chi connectivity index (χ0v) is 12.6. The Morgan fingerprint density at radius 2 is 1.30 bits per heavy atom. The van der Waals surface area contributed by atoms with E-state index in [4.69, 9.17) is 11.5 Å². The average Bonchev–Trinajstić information content (AvgIpc) is 2.45. The molecule has 0 aliphatic carbocycles. The smallest absolute Gasteiger partial charge is 0.296 e. The Kier molecular flexibility index (Phi) is 3.29. The molecule has 23 heavy (non-hydrogen) atoms. The summed E-state index contributed by atoms with van der Waals surface area (Å²) < 4.78 is 0. The summed E-state index contributed by atoms with van der Waals surface area (Å²) in [4.78, 5) is 22.9. The molecular weight excluding hydrogens is 320 g/mol. The molecule has 0 amide bonds. The molecule has 1 heterocycles. The van der Waals surface area contributed by atoms with Gasteiger partial charge in [-0.15, -0.1) is 10.5 Å². The van der Waals surface area contributed by atoms with Crippen molar-refractivity contribution < 1.29 is 9.85 Å². The van der Waals surface area contributed by atoms with Gasteiger partial charge in [0.1, 0.15) is 11.4 Å². The predicted molar refractivity (Wildman–Crippen MR) is 89.1 cm³/mol. The lowest BCUT2D eigenvalue weighted by Crippen LogP contribution is -2.10. The number of anilines is 2. The highest BCUT2D eigenvalue weighted by molar-refractivity contribution is 8.14. The number of nitro benzene ring substituents is 2. The van der Waals surface area contributed by atoms with Crippen LogP contribution in [0.3, 0.4) is 0 Å². The lowest BCUT2D eigenvalue weighted by Gasteiger charge is -2.23. The maximum absolute atomic E-state index is 11.3. The lowest BCUT2D eigenvalue weighted by molar-refractivity contribution is -0.385. The Morgan fingerprint density at radius 3 is 1.65 bits per heavy atom. The number of hydrogen-bond acceptors (Lipinski definition) is 6. The number of benzene rings is 2. The van der Waals surface area contributed by atoms with Crippen LogP contribution in [0.4, 0.5) is 22.7 Å². The van der Waals surface area contributed by atoms with Gasteiger partial charge in [-0.3, -0.25) is 20.2 Å². The van der Waals surface area contributed by atoms with Gasteiger partial charge in [0, 0.05) is 16.2 Å². The van der Waals surface area contributed by atoms with Gasteiger partial charge in [-0.05, 0) is 24.3 Å². The molecular formula is C14H12N4O4S. The van der Waals surface area contributed by atoms with Gasteiger partial charge in [0.05, 0.1) is 21.0 Å². The van der Waals surface area contributed by atoms with Crippen molar-refractivity contribution in [1.82, 2.24) is 0 Å². The van der Waals surface area contributed by atoms with Crippen LogP contribution in [-0.2, 0) is 6.42 Å². The van der Waals surface area contributed by atoms with Gasteiger partial charge < -0.3 is 11.5 Å². The van der Waals surface area contributed by atoms with Gasteiger partial charge in [-0.25, -0.2) is 0 Å². The van der Waals surface area contributed by atoms with Gasteiger partial charge in [0.25, 0.3) is 11.4 Å². The zero-order valence-electron chi connectivity index (χ0n) is 11.8. The monoisotopic (exact) mass is 332 g/mol. The molecule has 0 atom stereocenters. The quantitative estimate of drug-likeness (QED) is 0.320. The highest BCUT2D eigenvalue weighted by atomic mass is 32.2. The molecule has 0 radical (unpaired) electrons. The molecule has 1 aliphatic rings. The van der Waals surface area contributed by atoms with Gasteiger partial charge in [0.15, 0.2) is 0 Å². The summed E-state index contributed by atoms with van der Waals surface area (Å²) in [7, 11) is -0.780. The van der Waals surface area contributed by atoms with Gasteiger partial charge in [0.2, 0.25) is 0 Å². The normalized spacial score (nSPS) is 13.2. The number of nitrogen functional groups attached to an aromatic ring is 2. The van der Waals surface area contributed by atoms with E-state index in [2.05, 4.69) is 5.87 Å². The van der Waals surface area contributed by atoms with E-state index in [1.165, 1.54) is 12.1 Å². The van der Waals surface area contributed by atoms with Crippen molar-refractivity contribution in [3.63, 3.8) is 0 Å². The molecule has 2 aromatic carbocycles. The second-order valence-corrected chi connectivity index (χ2v) is 6.70. The lowest BCUT2D eigenvalue weighted by atomic mass is 9.99. The van der Waals surface area contributed by atoms with Crippen LogP contribution in [0.2, 0.25) is 0 Å². The van der Waals surface area contributed by atoms with E-state index in [1.54, 1.807) is 12.1 Å². The van der Waals surface area contributed by atoms with E-state index in [9.17, 15) is 20.2 Å². The van der Waals surface area contributed by atoms with Crippen LogP contribution in [-0.4, -0.2) is 15.7 Å². The Balaban J connectivity index is 2.34. The predicted octanol–water partition coefficient (Wildman–Crippen LogP) is 2.69. The average molecular weight is 332 g/mol. The molecule has 0 unspecified atom stereocenters. The van der Waals surface area contributed by atoms with Crippen molar-refractivity contribution in [1.29, 1.82) is 0 Å². The summed E-state index contributed by atoms with van der Waals surface area (Å²) in [6, 6.07) is 6.33. The second-order valence-electron chi connectivity index (χ2n) is 5.04. The number of rotatable bonds is 2. The molecule has 8 nitrogen and oxygen atoms in total. The highest BCUT2D eigenvalue weighted by Crippen LogP contribution is 2.51. The first-order chi connectivity index (χ1) is 10.8. The zero-order chi connectivity index (χ0) is 16.9. The Hall–Kier alpha value is -2.94. The van der Waals surface area contributed by atoms with Crippen LogP contribution in [0.15, 0.2) is 34.1 Å². The van der Waals surface area contributed by atoms with Gasteiger partial charge in [-0.1, -0.05) is 5.87 Å². The maximum Gasteiger partial charge on any atom is 0.296 e. The van der Waals surface area contributed by atoms with Crippen molar-refractivity contribution in [2.45, 2.75) is 16.2 Å². The highest BCUT2D eigenvalue weighted by Gasteiger charge is 2.33. The standard InChI is InChI=1S/C14H12N4O4S/c1-23-11-4-2-9(15)13(17(19)20)7(11)6-8-12(23)5-3-10(16)14(8)18(21)22/h2-5H,1,6,15-16H2. The van der Waals surface area contributed by atoms with E-state index in [0.29, 0.717) is 20.9 Å². The van der Waals surface area contributed by atoms with Crippen LogP contribution >= 0.6 is 10.5 Å². The first-order valence-electron chi connectivity index (χ1n) is 6.48. The minimum Gasteiger partial charge on any atom is -0.393 e. The van der Waals surface area contributed by atoms with E-state index in [-0.39, 0.29) is 29.2 Å². The molecule has 0 aromatic heterocycles. The summed E-state index contributed by atoms with van der Waals surface area (Å²) in [6.07, 6.45) is 0.0341. The molecule has 4 N–H and O–H groups in total. The number of hydrogen-bond donors (Lipinski definition) is 2. The van der Waals surface area contributed by atoms with E-state index < -0.39 is 20.3 Å². The first kappa shape index (κ1) is 15.0. The van der Waals surface area contributed by atoms with Crippen molar-refractivity contribution in [3.8, 4) is 0 Å². The van der Waals surface area contributed by atoms with E-state index in [1.807, 2.05) is 0 Å². The van der Waals surface area contributed by atoms with Crippen LogP contribution in [0.1, 0.15) is 11.1 Å². The van der Waals surface area contributed by atoms with Gasteiger partial charge >= 0.3 is 0 Å². The van der Waals surface area contributed by atoms with E-state index >= 15 is 0 Å². The molecule has 0 saturated carbocycles. The molecule has 3 rings (SSSR count). The van der Waals surface area contributed by atoms with Crippen molar-refractivity contribution >= 4 is 39.1 Å². The SMILES string of the molecule is C=S1c2ccc(N)c([N+](=O)[O-])c2Cc2c1ccc(N)c2[N+](=O)[O-]. The van der Waals surface area contributed by atoms with Crippen LogP contribution in [0, 0.1) is 20.2 Å². The molecule has 0 saturated heterocycles. The van der Waals surface area contributed by atoms with Crippen LogP contribution in [0.25, 0.3) is 0 Å². The minimum absolute atomic E-state index is 0.0285. The molecule has 0 fully saturated rings. The molecule has 0 spiro atoms. The first-order valence-corrected chi connectivity index (χ1v) is 7.87. The number of nitro groups is 2. The Labute approximate surface area is 132 Å². The fourth-order valence-electron chi connectivity index (χ4n) is 2.80. The van der Waals surface area contributed by atoms with Crippen molar-refractivity contribution in [2.24, 2.45) is 0 Å². The number of nitrogens with two attached hydrogens (primary N) is 2. The summed E-state index contributed by atoms with van der Waals surface area (Å²) in [5, 5.41) is 22.7. The third-order valence-electron chi connectivity index (χ3n) is 3.79. The Morgan fingerprint density at radius 1 is 0.913 bits per heavy atom. The van der Waals surface area contributed by atoms with E-state index in [0.717, 1.165) is 0 Å².